The average Bonchev–Trinajstić information content (AvgIpc) is 2.93. The van der Waals surface area contributed by atoms with E-state index in [4.69, 9.17) is 11.6 Å². The van der Waals surface area contributed by atoms with Gasteiger partial charge in [-0.2, -0.15) is 0 Å². The highest BCUT2D eigenvalue weighted by Crippen LogP contribution is 2.27. The topological polar surface area (TPSA) is 86.8 Å². The van der Waals surface area contributed by atoms with Crippen molar-refractivity contribution in [3.63, 3.8) is 0 Å². The molecule has 41 heavy (non-hydrogen) atoms. The van der Waals surface area contributed by atoms with Crippen LogP contribution in [0.15, 0.2) is 71.6 Å². The first-order chi connectivity index (χ1) is 19.3. The van der Waals surface area contributed by atoms with Gasteiger partial charge in [-0.25, -0.2) is 8.42 Å². The van der Waals surface area contributed by atoms with E-state index in [0.29, 0.717) is 29.2 Å². The van der Waals surface area contributed by atoms with Gasteiger partial charge in [0.05, 0.1) is 10.6 Å². The van der Waals surface area contributed by atoms with E-state index in [1.54, 1.807) is 54.6 Å². The van der Waals surface area contributed by atoms with E-state index in [2.05, 4.69) is 5.32 Å². The van der Waals surface area contributed by atoms with E-state index >= 15 is 0 Å². The Morgan fingerprint density at radius 3 is 2.17 bits per heavy atom. The fourth-order valence-electron chi connectivity index (χ4n) is 4.40. The number of anilines is 1. The fraction of sp³-hybridized carbons (Fsp3) is 0.375. The first kappa shape index (κ1) is 32.2. The van der Waals surface area contributed by atoms with Crippen molar-refractivity contribution in [2.24, 2.45) is 5.92 Å². The van der Waals surface area contributed by atoms with Crippen molar-refractivity contribution in [2.45, 2.75) is 65.4 Å². The molecule has 0 aromatic heterocycles. The number of hydrogen-bond donors (Lipinski definition) is 1. The molecule has 1 N–H and O–H groups in total. The molecule has 0 bridgehead atoms. The lowest BCUT2D eigenvalue weighted by Crippen LogP contribution is -2.52. The second-order valence-electron chi connectivity index (χ2n) is 10.8. The summed E-state index contributed by atoms with van der Waals surface area (Å²) in [5.74, 6) is -0.574. The van der Waals surface area contributed by atoms with Gasteiger partial charge in [0.25, 0.3) is 10.0 Å². The van der Waals surface area contributed by atoms with Crippen LogP contribution in [0.2, 0.25) is 5.02 Å². The maximum absolute atomic E-state index is 14.2. The highest BCUT2D eigenvalue weighted by atomic mass is 35.5. The number of carbonyl (C=O) groups excluding carboxylic acids is 2. The van der Waals surface area contributed by atoms with E-state index < -0.39 is 28.5 Å². The van der Waals surface area contributed by atoms with Crippen LogP contribution in [0.5, 0.6) is 0 Å². The van der Waals surface area contributed by atoms with Gasteiger partial charge in [0.15, 0.2) is 0 Å². The third-order valence-corrected chi connectivity index (χ3v) is 9.19. The summed E-state index contributed by atoms with van der Waals surface area (Å²) in [6.45, 7) is 11.5. The van der Waals surface area contributed by atoms with Gasteiger partial charge in [-0.3, -0.25) is 13.9 Å². The summed E-state index contributed by atoms with van der Waals surface area (Å²) < 4.78 is 29.2. The summed E-state index contributed by atoms with van der Waals surface area (Å²) in [5.41, 5.74) is 3.85. The molecule has 1 unspecified atom stereocenters. The third-order valence-electron chi connectivity index (χ3n) is 7.04. The monoisotopic (exact) mass is 597 g/mol. The summed E-state index contributed by atoms with van der Waals surface area (Å²) in [7, 11) is -4.13. The number of rotatable bonds is 12. The molecule has 0 saturated heterocycles. The van der Waals surface area contributed by atoms with Gasteiger partial charge in [0.1, 0.15) is 12.6 Å². The Labute approximate surface area is 249 Å². The number of sulfonamides is 1. The first-order valence-electron chi connectivity index (χ1n) is 13.8. The fourth-order valence-corrected chi connectivity index (χ4v) is 6.00. The van der Waals surface area contributed by atoms with Crippen LogP contribution in [0.1, 0.15) is 49.4 Å². The van der Waals surface area contributed by atoms with E-state index in [9.17, 15) is 18.0 Å². The van der Waals surface area contributed by atoms with Gasteiger partial charge >= 0.3 is 0 Å². The molecule has 220 valence electrons. The minimum atomic E-state index is -4.13. The molecule has 0 radical (unpaired) electrons. The highest BCUT2D eigenvalue weighted by molar-refractivity contribution is 7.92. The van der Waals surface area contributed by atoms with Crippen molar-refractivity contribution < 1.29 is 18.0 Å². The Hall–Kier alpha value is -3.36. The zero-order chi connectivity index (χ0) is 30.3. The van der Waals surface area contributed by atoms with Gasteiger partial charge < -0.3 is 10.2 Å². The van der Waals surface area contributed by atoms with Crippen LogP contribution in [-0.4, -0.2) is 44.3 Å². The Kier molecular flexibility index (Phi) is 11.0. The molecule has 2 amide bonds. The molecule has 3 aromatic carbocycles. The molecule has 0 heterocycles. The quantitative estimate of drug-likeness (QED) is 0.276. The first-order valence-corrected chi connectivity index (χ1v) is 15.6. The molecule has 0 aliphatic rings. The molecule has 3 aromatic rings. The van der Waals surface area contributed by atoms with Crippen LogP contribution in [-0.2, 0) is 26.2 Å². The standard InChI is InChI=1S/C32H40ClN3O4S/c1-7-30(32(38)34-19-22(2)3)35(20-26-10-8-9-11-29(26)33)31(37)21-36(27-15-14-24(5)25(6)18-27)41(39,40)28-16-12-23(4)13-17-28/h8-18,22,30H,7,19-21H2,1-6H3,(H,34,38). The van der Waals surface area contributed by atoms with E-state index in [1.807, 2.05) is 53.7 Å². The number of nitrogens with one attached hydrogen (secondary N) is 1. The Morgan fingerprint density at radius 2 is 1.59 bits per heavy atom. The predicted molar refractivity (Wildman–Crippen MR) is 166 cm³/mol. The van der Waals surface area contributed by atoms with Crippen molar-refractivity contribution in [2.75, 3.05) is 17.4 Å². The summed E-state index contributed by atoms with van der Waals surface area (Å²) in [6.07, 6.45) is 0.342. The van der Waals surface area contributed by atoms with Gasteiger partial charge in [-0.1, -0.05) is 74.3 Å². The molecular formula is C32H40ClN3O4S. The third kappa shape index (κ3) is 8.11. The highest BCUT2D eigenvalue weighted by Gasteiger charge is 2.34. The van der Waals surface area contributed by atoms with Crippen molar-refractivity contribution in [1.29, 1.82) is 0 Å². The predicted octanol–water partition coefficient (Wildman–Crippen LogP) is 6.04. The molecule has 0 spiro atoms. The Balaban J connectivity index is 2.08. The second kappa shape index (κ2) is 14.0. The lowest BCUT2D eigenvalue weighted by Gasteiger charge is -2.33. The SMILES string of the molecule is CCC(C(=O)NCC(C)C)N(Cc1ccccc1Cl)C(=O)CN(c1ccc(C)c(C)c1)S(=O)(=O)c1ccc(C)cc1. The Bertz CT molecular complexity index is 1470. The molecule has 0 saturated carbocycles. The van der Waals surface area contributed by atoms with Gasteiger partial charge in [0, 0.05) is 18.1 Å². The largest absolute Gasteiger partial charge is 0.354 e. The normalized spacial score (nSPS) is 12.2. The number of aryl methyl sites for hydroxylation is 3. The lowest BCUT2D eigenvalue weighted by molar-refractivity contribution is -0.140. The van der Waals surface area contributed by atoms with Gasteiger partial charge in [0.2, 0.25) is 11.8 Å². The van der Waals surface area contributed by atoms with Crippen molar-refractivity contribution >= 4 is 39.1 Å². The molecule has 0 aliphatic carbocycles. The van der Waals surface area contributed by atoms with Crippen LogP contribution in [0.3, 0.4) is 0 Å². The number of carbonyl (C=O) groups is 2. The minimum Gasteiger partial charge on any atom is -0.354 e. The van der Waals surface area contributed by atoms with Gasteiger partial charge in [-0.15, -0.1) is 0 Å². The molecule has 9 heteroatoms. The second-order valence-corrected chi connectivity index (χ2v) is 13.0. The minimum absolute atomic E-state index is 0.0530. The van der Waals surface area contributed by atoms with Crippen LogP contribution in [0, 0.1) is 26.7 Å². The number of amides is 2. The molecular weight excluding hydrogens is 558 g/mol. The van der Waals surface area contributed by atoms with Gasteiger partial charge in [-0.05, 0) is 80.1 Å². The molecule has 3 rings (SSSR count). The van der Waals surface area contributed by atoms with Crippen LogP contribution >= 0.6 is 11.6 Å². The number of benzene rings is 3. The van der Waals surface area contributed by atoms with Crippen molar-refractivity contribution in [1.82, 2.24) is 10.2 Å². The molecule has 0 fully saturated rings. The van der Waals surface area contributed by atoms with E-state index in [1.165, 1.54) is 4.90 Å². The summed E-state index contributed by atoms with van der Waals surface area (Å²) in [6, 6.07) is 18.1. The summed E-state index contributed by atoms with van der Waals surface area (Å²) in [5, 5.41) is 3.39. The lowest BCUT2D eigenvalue weighted by atomic mass is 10.1. The maximum Gasteiger partial charge on any atom is 0.264 e. The summed E-state index contributed by atoms with van der Waals surface area (Å²) in [4.78, 5) is 29.0. The number of hydrogen-bond acceptors (Lipinski definition) is 4. The van der Waals surface area contributed by atoms with Crippen LogP contribution in [0.25, 0.3) is 0 Å². The smallest absolute Gasteiger partial charge is 0.264 e. The summed E-state index contributed by atoms with van der Waals surface area (Å²) >= 11 is 6.46. The Morgan fingerprint density at radius 1 is 0.927 bits per heavy atom. The maximum atomic E-state index is 14.2. The van der Waals surface area contributed by atoms with E-state index in [-0.39, 0.29) is 23.3 Å². The molecule has 7 nitrogen and oxygen atoms in total. The van der Waals surface area contributed by atoms with Crippen LogP contribution in [0.4, 0.5) is 5.69 Å². The zero-order valence-corrected chi connectivity index (χ0v) is 26.2. The van der Waals surface area contributed by atoms with Crippen molar-refractivity contribution in [3.05, 3.63) is 94.0 Å². The van der Waals surface area contributed by atoms with E-state index in [0.717, 1.165) is 21.0 Å². The average molecular weight is 598 g/mol. The molecule has 0 aliphatic heterocycles. The molecule has 1 atom stereocenters. The van der Waals surface area contributed by atoms with Crippen molar-refractivity contribution in [3.8, 4) is 0 Å². The zero-order valence-electron chi connectivity index (χ0n) is 24.6. The number of nitrogens with zero attached hydrogens (tertiary/aromatic N) is 2. The van der Waals surface area contributed by atoms with Crippen LogP contribution < -0.4 is 9.62 Å². The number of halogens is 1.